The maximum Gasteiger partial charge on any atom is 0.313 e. The van der Waals surface area contributed by atoms with Gasteiger partial charge in [0, 0.05) is 0 Å². The van der Waals surface area contributed by atoms with Crippen molar-refractivity contribution in [3.8, 4) is 0 Å². The van der Waals surface area contributed by atoms with Crippen molar-refractivity contribution >= 4 is 11.8 Å². The topological polar surface area (TPSA) is 43.4 Å². The molecule has 0 spiro atoms. The number of ether oxygens (including phenoxy) is 1. The van der Waals surface area contributed by atoms with Gasteiger partial charge in [-0.25, -0.2) is 0 Å². The minimum absolute atomic E-state index is 0.0959. The lowest BCUT2D eigenvalue weighted by atomic mass is 10.1. The molecule has 3 nitrogen and oxygen atoms in total. The lowest BCUT2D eigenvalue weighted by Crippen LogP contribution is -2.09. The van der Waals surface area contributed by atoms with E-state index < -0.39 is 5.97 Å². The molecule has 0 atom stereocenters. The van der Waals surface area contributed by atoms with Crippen LogP contribution in [-0.2, 0) is 14.3 Å². The number of carbonyl (C=O) groups excluding carboxylic acids is 2. The van der Waals surface area contributed by atoms with Crippen molar-refractivity contribution in [2.75, 3.05) is 6.61 Å². The highest BCUT2D eigenvalue weighted by Crippen LogP contribution is 2.04. The van der Waals surface area contributed by atoms with Crippen molar-refractivity contribution < 1.29 is 14.3 Å². The summed E-state index contributed by atoms with van der Waals surface area (Å²) in [6.45, 7) is 3.85. The summed E-state index contributed by atoms with van der Waals surface area (Å²) in [6, 6.07) is 0. The first kappa shape index (κ1) is 14.9. The molecule has 0 aliphatic heterocycles. The zero-order valence-corrected chi connectivity index (χ0v) is 10.3. The Labute approximate surface area is 97.9 Å². The van der Waals surface area contributed by atoms with Gasteiger partial charge in [0.05, 0.1) is 6.61 Å². The lowest BCUT2D eigenvalue weighted by Gasteiger charge is -2.03. The molecule has 0 saturated heterocycles. The Morgan fingerprint density at radius 3 is 2.44 bits per heavy atom. The molecule has 0 aromatic carbocycles. The Morgan fingerprint density at radius 1 is 1.12 bits per heavy atom. The van der Waals surface area contributed by atoms with Crippen molar-refractivity contribution in [2.24, 2.45) is 0 Å². The number of hydrogen-bond acceptors (Lipinski definition) is 3. The summed E-state index contributed by atoms with van der Waals surface area (Å²) >= 11 is 0. The average Bonchev–Trinajstić information content (AvgIpc) is 2.21. The van der Waals surface area contributed by atoms with E-state index in [9.17, 15) is 9.59 Å². The van der Waals surface area contributed by atoms with E-state index in [-0.39, 0.29) is 12.2 Å². The molecule has 0 unspecified atom stereocenters. The van der Waals surface area contributed by atoms with Gasteiger partial charge in [0.2, 0.25) is 0 Å². The molecule has 0 fully saturated rings. The molecule has 0 saturated carbocycles. The van der Waals surface area contributed by atoms with E-state index in [4.69, 9.17) is 4.74 Å². The number of esters is 1. The summed E-state index contributed by atoms with van der Waals surface area (Å²) in [4.78, 5) is 21.6. The monoisotopic (exact) mass is 226 g/mol. The number of unbranched alkanes of at least 4 members (excludes halogenated alkanes) is 4. The van der Waals surface area contributed by atoms with Crippen LogP contribution in [0.1, 0.15) is 52.4 Å². The van der Waals surface area contributed by atoms with Gasteiger partial charge in [0.15, 0.2) is 0 Å². The maximum atomic E-state index is 11.0. The van der Waals surface area contributed by atoms with Crippen LogP contribution in [0.3, 0.4) is 0 Å². The molecule has 0 aliphatic carbocycles. The quantitative estimate of drug-likeness (QED) is 0.263. The van der Waals surface area contributed by atoms with Crippen LogP contribution >= 0.6 is 0 Å². The van der Waals surface area contributed by atoms with Crippen molar-refractivity contribution in [3.05, 3.63) is 12.2 Å². The first-order valence-corrected chi connectivity index (χ1v) is 5.93. The molecule has 0 radical (unpaired) electrons. The Kier molecular flexibility index (Phi) is 9.67. The van der Waals surface area contributed by atoms with Crippen LogP contribution in [0.25, 0.3) is 0 Å². The molecule has 92 valence electrons. The molecular formula is C13H22O3. The van der Waals surface area contributed by atoms with E-state index in [0.717, 1.165) is 25.7 Å². The SMILES string of the molecule is CC=CCCCCCCOC(=O)CC(C)=O. The predicted molar refractivity (Wildman–Crippen MR) is 64.2 cm³/mol. The largest absolute Gasteiger partial charge is 0.465 e. The Balaban J connectivity index is 3.20. The van der Waals surface area contributed by atoms with E-state index in [1.165, 1.54) is 13.3 Å². The van der Waals surface area contributed by atoms with Crippen LogP contribution in [0.5, 0.6) is 0 Å². The third-order valence-electron chi connectivity index (χ3n) is 2.16. The summed E-state index contributed by atoms with van der Waals surface area (Å²) in [7, 11) is 0. The van der Waals surface area contributed by atoms with Crippen molar-refractivity contribution in [2.45, 2.75) is 52.4 Å². The van der Waals surface area contributed by atoms with Crippen molar-refractivity contribution in [3.63, 3.8) is 0 Å². The first-order chi connectivity index (χ1) is 7.66. The summed E-state index contributed by atoms with van der Waals surface area (Å²) in [5.41, 5.74) is 0. The Bertz CT molecular complexity index is 231. The van der Waals surface area contributed by atoms with Crippen LogP contribution < -0.4 is 0 Å². The van der Waals surface area contributed by atoms with Gasteiger partial charge in [-0.15, -0.1) is 0 Å². The number of allylic oxidation sites excluding steroid dienone is 2. The maximum absolute atomic E-state index is 11.0. The minimum atomic E-state index is -0.401. The molecule has 0 aromatic heterocycles. The molecule has 0 bridgehead atoms. The highest BCUT2D eigenvalue weighted by atomic mass is 16.5. The third-order valence-corrected chi connectivity index (χ3v) is 2.16. The number of hydrogen-bond donors (Lipinski definition) is 0. The van der Waals surface area contributed by atoms with Crippen LogP contribution in [0.4, 0.5) is 0 Å². The van der Waals surface area contributed by atoms with Crippen LogP contribution in [0.15, 0.2) is 12.2 Å². The fourth-order valence-electron chi connectivity index (χ4n) is 1.32. The predicted octanol–water partition coefficient (Wildman–Crippen LogP) is 3.04. The zero-order chi connectivity index (χ0) is 12.2. The number of carbonyl (C=O) groups is 2. The fourth-order valence-corrected chi connectivity index (χ4v) is 1.32. The summed E-state index contributed by atoms with van der Waals surface area (Å²) in [5.74, 6) is -0.544. The van der Waals surface area contributed by atoms with Crippen LogP contribution in [-0.4, -0.2) is 18.4 Å². The summed E-state index contributed by atoms with van der Waals surface area (Å²) < 4.78 is 4.91. The zero-order valence-electron chi connectivity index (χ0n) is 10.3. The fraction of sp³-hybridized carbons (Fsp3) is 0.692. The molecular weight excluding hydrogens is 204 g/mol. The van der Waals surface area contributed by atoms with Gasteiger partial charge in [-0.05, 0) is 33.1 Å². The molecule has 0 rings (SSSR count). The van der Waals surface area contributed by atoms with Crippen molar-refractivity contribution in [1.82, 2.24) is 0 Å². The molecule has 0 aromatic rings. The van der Waals surface area contributed by atoms with Crippen LogP contribution in [0.2, 0.25) is 0 Å². The second kappa shape index (κ2) is 10.4. The molecule has 0 amide bonds. The Morgan fingerprint density at radius 2 is 1.81 bits per heavy atom. The average molecular weight is 226 g/mol. The second-order valence-electron chi connectivity index (χ2n) is 3.87. The van der Waals surface area contributed by atoms with Crippen LogP contribution in [0, 0.1) is 0 Å². The van der Waals surface area contributed by atoms with E-state index >= 15 is 0 Å². The van der Waals surface area contributed by atoms with Gasteiger partial charge in [0.1, 0.15) is 12.2 Å². The summed E-state index contributed by atoms with van der Waals surface area (Å²) in [5, 5.41) is 0. The minimum Gasteiger partial charge on any atom is -0.465 e. The molecule has 0 heterocycles. The second-order valence-corrected chi connectivity index (χ2v) is 3.87. The normalized spacial score (nSPS) is 10.6. The number of ketones is 1. The van der Waals surface area contributed by atoms with Gasteiger partial charge < -0.3 is 4.74 Å². The number of rotatable bonds is 9. The van der Waals surface area contributed by atoms with E-state index in [1.807, 2.05) is 6.92 Å². The lowest BCUT2D eigenvalue weighted by molar-refractivity contribution is -0.145. The van der Waals surface area contributed by atoms with Gasteiger partial charge in [0.25, 0.3) is 0 Å². The Hall–Kier alpha value is -1.12. The standard InChI is InChI=1S/C13H22O3/c1-3-4-5-6-7-8-9-10-16-13(15)11-12(2)14/h3-4H,5-11H2,1-2H3. The van der Waals surface area contributed by atoms with E-state index in [1.54, 1.807) is 0 Å². The third kappa shape index (κ3) is 11.0. The molecule has 3 heteroatoms. The van der Waals surface area contributed by atoms with E-state index in [0.29, 0.717) is 6.61 Å². The van der Waals surface area contributed by atoms with Crippen molar-refractivity contribution in [1.29, 1.82) is 0 Å². The van der Waals surface area contributed by atoms with Gasteiger partial charge in [-0.1, -0.05) is 25.0 Å². The van der Waals surface area contributed by atoms with Gasteiger partial charge in [-0.2, -0.15) is 0 Å². The van der Waals surface area contributed by atoms with Gasteiger partial charge in [-0.3, -0.25) is 9.59 Å². The van der Waals surface area contributed by atoms with E-state index in [2.05, 4.69) is 12.2 Å². The smallest absolute Gasteiger partial charge is 0.313 e. The van der Waals surface area contributed by atoms with Gasteiger partial charge >= 0.3 is 5.97 Å². The first-order valence-electron chi connectivity index (χ1n) is 5.93. The number of Topliss-reactive ketones (excluding diaryl/α,β-unsaturated/α-hetero) is 1. The molecule has 16 heavy (non-hydrogen) atoms. The highest BCUT2D eigenvalue weighted by Gasteiger charge is 2.05. The highest BCUT2D eigenvalue weighted by molar-refractivity contribution is 5.94. The summed E-state index contributed by atoms with van der Waals surface area (Å²) in [6.07, 6.45) is 9.56. The molecule has 0 N–H and O–H groups in total. The molecule has 0 aliphatic rings.